The van der Waals surface area contributed by atoms with E-state index in [-0.39, 0.29) is 0 Å². The molecule has 0 aliphatic carbocycles. The van der Waals surface area contributed by atoms with Gasteiger partial charge in [0.1, 0.15) is 11.4 Å². The summed E-state index contributed by atoms with van der Waals surface area (Å²) in [6.07, 6.45) is 0. The zero-order valence-corrected chi connectivity index (χ0v) is 8.76. The van der Waals surface area contributed by atoms with Crippen LogP contribution in [-0.4, -0.2) is 11.7 Å². The van der Waals surface area contributed by atoms with Crippen molar-refractivity contribution in [2.24, 2.45) is 0 Å². The molecule has 80 valence electrons. The van der Waals surface area contributed by atoms with Crippen LogP contribution in [0.5, 0.6) is 5.75 Å². The van der Waals surface area contributed by atoms with E-state index in [0.717, 1.165) is 11.1 Å². The van der Waals surface area contributed by atoms with Crippen molar-refractivity contribution in [2.45, 2.75) is 5.60 Å². The molecule has 0 aromatic heterocycles. The number of epoxide rings is 1. The highest BCUT2D eigenvalue weighted by atomic mass is 16.6. The van der Waals surface area contributed by atoms with Crippen LogP contribution in [0.2, 0.25) is 0 Å². The maximum absolute atomic E-state index is 9.87. The Morgan fingerprint density at radius 3 is 2.19 bits per heavy atom. The average molecular weight is 212 g/mol. The quantitative estimate of drug-likeness (QED) is 0.776. The minimum atomic E-state index is -0.424. The number of para-hydroxylation sites is 1. The lowest BCUT2D eigenvalue weighted by Gasteiger charge is -2.13. The van der Waals surface area contributed by atoms with Crippen LogP contribution < -0.4 is 0 Å². The summed E-state index contributed by atoms with van der Waals surface area (Å²) in [6.45, 7) is 0.634. The normalized spacial score (nSPS) is 23.0. The van der Waals surface area contributed by atoms with Gasteiger partial charge in [0.25, 0.3) is 0 Å². The molecule has 2 aromatic rings. The molecule has 1 N–H and O–H groups in total. The van der Waals surface area contributed by atoms with Crippen molar-refractivity contribution in [1.29, 1.82) is 0 Å². The molecule has 1 atom stereocenters. The number of ether oxygens (including phenoxy) is 1. The molecule has 2 aromatic carbocycles. The zero-order chi connectivity index (χ0) is 11.0. The monoisotopic (exact) mass is 212 g/mol. The summed E-state index contributed by atoms with van der Waals surface area (Å²) in [5, 5.41) is 9.87. The van der Waals surface area contributed by atoms with Crippen LogP contribution in [0.25, 0.3) is 0 Å². The number of hydrogen-bond donors (Lipinski definition) is 1. The van der Waals surface area contributed by atoms with Crippen LogP contribution in [0.3, 0.4) is 0 Å². The van der Waals surface area contributed by atoms with Crippen LogP contribution in [0.1, 0.15) is 11.1 Å². The third-order valence-electron chi connectivity index (χ3n) is 3.01. The van der Waals surface area contributed by atoms with Crippen molar-refractivity contribution < 1.29 is 9.84 Å². The molecule has 0 radical (unpaired) electrons. The molecule has 1 aliphatic heterocycles. The molecule has 1 heterocycles. The summed E-state index contributed by atoms with van der Waals surface area (Å²) in [5.41, 5.74) is 1.52. The third kappa shape index (κ3) is 1.31. The lowest BCUT2D eigenvalue weighted by atomic mass is 9.91. The molecule has 2 heteroatoms. The van der Waals surface area contributed by atoms with Gasteiger partial charge in [-0.3, -0.25) is 0 Å². The molecule has 0 amide bonds. The fourth-order valence-electron chi connectivity index (χ4n) is 2.07. The first-order chi connectivity index (χ1) is 7.83. The summed E-state index contributed by atoms with van der Waals surface area (Å²) in [4.78, 5) is 0. The first-order valence-electron chi connectivity index (χ1n) is 5.31. The standard InChI is InChI=1S/C14H12O2/c15-13-9-5-4-8-12(13)14(10-16-14)11-6-2-1-3-7-11/h1-9,15H,10H2. The lowest BCUT2D eigenvalue weighted by Crippen LogP contribution is -2.10. The third-order valence-corrected chi connectivity index (χ3v) is 3.01. The van der Waals surface area contributed by atoms with Crippen molar-refractivity contribution in [3.05, 3.63) is 65.7 Å². The van der Waals surface area contributed by atoms with Gasteiger partial charge in [-0.1, -0.05) is 48.5 Å². The Morgan fingerprint density at radius 2 is 1.56 bits per heavy atom. The van der Waals surface area contributed by atoms with Gasteiger partial charge in [-0.05, 0) is 11.6 Å². The molecule has 0 saturated carbocycles. The first kappa shape index (κ1) is 9.43. The van der Waals surface area contributed by atoms with Crippen LogP contribution in [0.4, 0.5) is 0 Å². The van der Waals surface area contributed by atoms with Crippen molar-refractivity contribution >= 4 is 0 Å². The van der Waals surface area contributed by atoms with E-state index in [9.17, 15) is 5.11 Å². The van der Waals surface area contributed by atoms with Crippen LogP contribution in [-0.2, 0) is 10.3 Å². The van der Waals surface area contributed by atoms with E-state index in [0.29, 0.717) is 12.4 Å². The minimum absolute atomic E-state index is 0.295. The first-order valence-corrected chi connectivity index (χ1v) is 5.31. The van der Waals surface area contributed by atoms with E-state index in [1.807, 2.05) is 48.5 Å². The highest BCUT2D eigenvalue weighted by Crippen LogP contribution is 2.47. The number of benzene rings is 2. The Labute approximate surface area is 94.1 Å². The van der Waals surface area contributed by atoms with E-state index < -0.39 is 5.60 Å². The van der Waals surface area contributed by atoms with Crippen molar-refractivity contribution in [3.8, 4) is 5.75 Å². The smallest absolute Gasteiger partial charge is 0.145 e. The minimum Gasteiger partial charge on any atom is -0.508 e. The van der Waals surface area contributed by atoms with Crippen LogP contribution in [0.15, 0.2) is 54.6 Å². The van der Waals surface area contributed by atoms with Gasteiger partial charge in [0, 0.05) is 5.56 Å². The Kier molecular flexibility index (Phi) is 1.98. The fourth-order valence-corrected chi connectivity index (χ4v) is 2.07. The Morgan fingerprint density at radius 1 is 0.938 bits per heavy atom. The summed E-state index contributed by atoms with van der Waals surface area (Å²) in [5.74, 6) is 0.295. The van der Waals surface area contributed by atoms with Gasteiger partial charge in [0.15, 0.2) is 0 Å². The highest BCUT2D eigenvalue weighted by Gasteiger charge is 2.49. The highest BCUT2D eigenvalue weighted by molar-refractivity contribution is 5.47. The molecular formula is C14H12O2. The van der Waals surface area contributed by atoms with E-state index in [4.69, 9.17) is 4.74 Å². The molecule has 3 rings (SSSR count). The van der Waals surface area contributed by atoms with Gasteiger partial charge < -0.3 is 9.84 Å². The van der Waals surface area contributed by atoms with E-state index in [2.05, 4.69) is 0 Å². The molecule has 1 saturated heterocycles. The molecule has 0 bridgehead atoms. The summed E-state index contributed by atoms with van der Waals surface area (Å²) < 4.78 is 5.59. The molecule has 16 heavy (non-hydrogen) atoms. The zero-order valence-electron chi connectivity index (χ0n) is 8.76. The average Bonchev–Trinajstić information content (AvgIpc) is 3.12. The predicted octanol–water partition coefficient (Wildman–Crippen LogP) is 2.67. The van der Waals surface area contributed by atoms with Crippen LogP contribution >= 0.6 is 0 Å². The molecule has 1 unspecified atom stereocenters. The lowest BCUT2D eigenvalue weighted by molar-refractivity contribution is 0.339. The maximum atomic E-state index is 9.87. The maximum Gasteiger partial charge on any atom is 0.145 e. The summed E-state index contributed by atoms with van der Waals surface area (Å²) in [7, 11) is 0. The van der Waals surface area contributed by atoms with Gasteiger partial charge in [-0.15, -0.1) is 0 Å². The second-order valence-corrected chi connectivity index (χ2v) is 4.00. The molecule has 1 aliphatic rings. The second-order valence-electron chi connectivity index (χ2n) is 4.00. The molecule has 2 nitrogen and oxygen atoms in total. The fraction of sp³-hybridized carbons (Fsp3) is 0.143. The van der Waals surface area contributed by atoms with Crippen LogP contribution in [0, 0.1) is 0 Å². The van der Waals surface area contributed by atoms with Crippen molar-refractivity contribution in [2.75, 3.05) is 6.61 Å². The Bertz CT molecular complexity index is 501. The number of phenols is 1. The van der Waals surface area contributed by atoms with Gasteiger partial charge in [0.2, 0.25) is 0 Å². The van der Waals surface area contributed by atoms with Gasteiger partial charge in [-0.25, -0.2) is 0 Å². The van der Waals surface area contributed by atoms with E-state index in [1.54, 1.807) is 6.07 Å². The number of rotatable bonds is 2. The largest absolute Gasteiger partial charge is 0.508 e. The number of phenolic OH excluding ortho intramolecular Hbond substituents is 1. The predicted molar refractivity (Wildman–Crippen MR) is 61.3 cm³/mol. The molecule has 0 spiro atoms. The van der Waals surface area contributed by atoms with Gasteiger partial charge >= 0.3 is 0 Å². The number of aromatic hydroxyl groups is 1. The van der Waals surface area contributed by atoms with Crippen molar-refractivity contribution in [3.63, 3.8) is 0 Å². The van der Waals surface area contributed by atoms with Crippen molar-refractivity contribution in [1.82, 2.24) is 0 Å². The Hall–Kier alpha value is -1.80. The second kappa shape index (κ2) is 3.35. The summed E-state index contributed by atoms with van der Waals surface area (Å²) >= 11 is 0. The van der Waals surface area contributed by atoms with Gasteiger partial charge in [0.05, 0.1) is 6.61 Å². The van der Waals surface area contributed by atoms with E-state index in [1.165, 1.54) is 0 Å². The summed E-state index contributed by atoms with van der Waals surface area (Å²) in [6, 6.07) is 17.3. The SMILES string of the molecule is Oc1ccccc1C1(c2ccccc2)CO1. The van der Waals surface area contributed by atoms with Gasteiger partial charge in [-0.2, -0.15) is 0 Å². The number of hydrogen-bond acceptors (Lipinski definition) is 2. The Balaban J connectivity index is 2.11. The topological polar surface area (TPSA) is 32.8 Å². The molecule has 1 fully saturated rings. The van der Waals surface area contributed by atoms with E-state index >= 15 is 0 Å². The molecular weight excluding hydrogens is 200 g/mol.